The van der Waals surface area contributed by atoms with Gasteiger partial charge in [0.2, 0.25) is 17.7 Å². The molecule has 2 aromatic rings. The normalized spacial score (nSPS) is 16.8. The molecule has 1 unspecified atom stereocenters. The minimum absolute atomic E-state index is 0.00318. The van der Waals surface area contributed by atoms with Gasteiger partial charge in [-0.15, -0.1) is 0 Å². The van der Waals surface area contributed by atoms with Crippen LogP contribution in [-0.4, -0.2) is 41.9 Å². The Bertz CT molecular complexity index is 802. The van der Waals surface area contributed by atoms with Crippen LogP contribution < -0.4 is 10.1 Å². The maximum absolute atomic E-state index is 12.5. The number of aromatic nitrogens is 1. The number of carbonyl (C=O) groups excluding carboxylic acids is 2. The molecule has 1 atom stereocenters. The highest BCUT2D eigenvalue weighted by molar-refractivity contribution is 5.84. The van der Waals surface area contributed by atoms with Crippen LogP contribution in [0.3, 0.4) is 0 Å². The fraction of sp³-hybridized carbons (Fsp3) is 0.450. The molecule has 0 saturated carbocycles. The van der Waals surface area contributed by atoms with Crippen molar-refractivity contribution in [1.29, 1.82) is 0 Å². The number of nitrogens with zero attached hydrogens (tertiary/aromatic N) is 2. The minimum atomic E-state index is -0.214. The lowest BCUT2D eigenvalue weighted by atomic mass is 10.0. The van der Waals surface area contributed by atoms with E-state index < -0.39 is 0 Å². The zero-order valence-electron chi connectivity index (χ0n) is 15.7. The first-order chi connectivity index (χ1) is 13.1. The maximum atomic E-state index is 12.5. The van der Waals surface area contributed by atoms with Crippen molar-refractivity contribution in [3.8, 4) is 5.75 Å². The van der Waals surface area contributed by atoms with Crippen molar-refractivity contribution < 1.29 is 18.7 Å². The first-order valence-corrected chi connectivity index (χ1v) is 9.18. The summed E-state index contributed by atoms with van der Waals surface area (Å²) in [5, 5.41) is 2.57. The van der Waals surface area contributed by atoms with Gasteiger partial charge in [-0.2, -0.15) is 0 Å². The third kappa shape index (κ3) is 4.87. The van der Waals surface area contributed by atoms with Crippen molar-refractivity contribution in [2.75, 3.05) is 20.2 Å². The lowest BCUT2D eigenvalue weighted by Gasteiger charge is -2.33. The molecule has 1 aromatic carbocycles. The van der Waals surface area contributed by atoms with Gasteiger partial charge in [0.05, 0.1) is 19.9 Å². The number of hydrogen-bond acceptors (Lipinski definition) is 5. The van der Waals surface area contributed by atoms with Gasteiger partial charge in [0.25, 0.3) is 0 Å². The fourth-order valence-corrected chi connectivity index (χ4v) is 3.33. The Balaban J connectivity index is 1.70. The number of carbonyl (C=O) groups is 2. The number of benzene rings is 1. The van der Waals surface area contributed by atoms with E-state index in [0.717, 1.165) is 36.3 Å². The molecule has 0 bridgehead atoms. The van der Waals surface area contributed by atoms with Crippen LogP contribution in [0.15, 0.2) is 34.9 Å². The van der Waals surface area contributed by atoms with E-state index in [1.54, 1.807) is 18.2 Å². The molecule has 27 heavy (non-hydrogen) atoms. The molecule has 0 aliphatic carbocycles. The predicted octanol–water partition coefficient (Wildman–Crippen LogP) is 2.46. The van der Waals surface area contributed by atoms with Crippen LogP contribution in [0.2, 0.25) is 0 Å². The van der Waals surface area contributed by atoms with Crippen LogP contribution in [0, 0.1) is 0 Å². The molecule has 1 aliphatic rings. The van der Waals surface area contributed by atoms with Crippen LogP contribution >= 0.6 is 0 Å². The maximum Gasteiger partial charge on any atom is 0.242 e. The smallest absolute Gasteiger partial charge is 0.242 e. The summed E-state index contributed by atoms with van der Waals surface area (Å²) in [6, 6.07) is 7.63. The Morgan fingerprint density at radius 3 is 3.00 bits per heavy atom. The molecule has 1 saturated heterocycles. The highest BCUT2D eigenvalue weighted by atomic mass is 16.5. The van der Waals surface area contributed by atoms with E-state index in [2.05, 4.69) is 10.3 Å². The summed E-state index contributed by atoms with van der Waals surface area (Å²) in [6.45, 7) is 2.06. The van der Waals surface area contributed by atoms with Crippen molar-refractivity contribution in [1.82, 2.24) is 15.2 Å². The summed E-state index contributed by atoms with van der Waals surface area (Å²) in [7, 11) is 1.64. The second kappa shape index (κ2) is 8.70. The lowest BCUT2D eigenvalue weighted by molar-refractivity contribution is -0.136. The molecular weight excluding hydrogens is 346 g/mol. The van der Waals surface area contributed by atoms with Gasteiger partial charge in [-0.25, -0.2) is 4.98 Å². The number of piperidine rings is 1. The van der Waals surface area contributed by atoms with Crippen molar-refractivity contribution in [3.63, 3.8) is 0 Å². The number of hydrogen-bond donors (Lipinski definition) is 1. The highest BCUT2D eigenvalue weighted by Crippen LogP contribution is 2.31. The molecule has 144 valence electrons. The molecule has 0 radical (unpaired) electrons. The average molecular weight is 371 g/mol. The molecule has 3 rings (SSSR count). The standard InChI is InChI=1S/C20H25N3O4/c1-14(24)21-13-19(25)23-9-4-3-8-18(23)20-22-12-17(27-20)11-15-6-5-7-16(10-15)26-2/h5-7,10,12,18H,3-4,8-9,11,13H2,1-2H3,(H,21,24). The molecule has 1 fully saturated rings. The Morgan fingerprint density at radius 2 is 2.22 bits per heavy atom. The second-order valence-electron chi connectivity index (χ2n) is 6.70. The quantitative estimate of drug-likeness (QED) is 0.843. The van der Waals surface area contributed by atoms with E-state index in [0.29, 0.717) is 18.9 Å². The number of nitrogens with one attached hydrogen (secondary N) is 1. The average Bonchev–Trinajstić information content (AvgIpc) is 3.14. The molecule has 0 spiro atoms. The van der Waals surface area contributed by atoms with Gasteiger partial charge < -0.3 is 19.4 Å². The van der Waals surface area contributed by atoms with Crippen LogP contribution in [0.4, 0.5) is 0 Å². The number of methoxy groups -OCH3 is 1. The summed E-state index contributed by atoms with van der Waals surface area (Å²) >= 11 is 0. The number of oxazole rings is 1. The van der Waals surface area contributed by atoms with Gasteiger partial charge in [-0.1, -0.05) is 12.1 Å². The summed E-state index contributed by atoms with van der Waals surface area (Å²) in [6.07, 6.45) is 5.10. The highest BCUT2D eigenvalue weighted by Gasteiger charge is 2.31. The lowest BCUT2D eigenvalue weighted by Crippen LogP contribution is -2.44. The second-order valence-corrected chi connectivity index (χ2v) is 6.70. The third-order valence-electron chi connectivity index (χ3n) is 4.68. The van der Waals surface area contributed by atoms with Crippen LogP contribution in [0.5, 0.6) is 5.75 Å². The van der Waals surface area contributed by atoms with E-state index in [-0.39, 0.29) is 24.4 Å². The molecule has 2 amide bonds. The Kier molecular flexibility index (Phi) is 6.11. The molecule has 2 heterocycles. The minimum Gasteiger partial charge on any atom is -0.497 e. The van der Waals surface area contributed by atoms with E-state index in [4.69, 9.17) is 9.15 Å². The van der Waals surface area contributed by atoms with Gasteiger partial charge >= 0.3 is 0 Å². The Morgan fingerprint density at radius 1 is 1.37 bits per heavy atom. The van der Waals surface area contributed by atoms with Crippen molar-refractivity contribution in [2.24, 2.45) is 0 Å². The van der Waals surface area contributed by atoms with E-state index in [9.17, 15) is 9.59 Å². The zero-order chi connectivity index (χ0) is 19.2. The summed E-state index contributed by atoms with van der Waals surface area (Å²) < 4.78 is 11.2. The monoisotopic (exact) mass is 371 g/mol. The van der Waals surface area contributed by atoms with E-state index in [1.807, 2.05) is 24.3 Å². The van der Waals surface area contributed by atoms with Crippen molar-refractivity contribution >= 4 is 11.8 Å². The largest absolute Gasteiger partial charge is 0.497 e. The molecule has 1 aromatic heterocycles. The number of ether oxygens (including phenoxy) is 1. The van der Waals surface area contributed by atoms with Crippen LogP contribution in [-0.2, 0) is 16.0 Å². The summed E-state index contributed by atoms with van der Waals surface area (Å²) in [4.78, 5) is 29.8. The number of rotatable bonds is 6. The summed E-state index contributed by atoms with van der Waals surface area (Å²) in [5.74, 6) is 1.78. The van der Waals surface area contributed by atoms with Gasteiger partial charge in [-0.3, -0.25) is 9.59 Å². The van der Waals surface area contributed by atoms with Gasteiger partial charge in [0.1, 0.15) is 17.6 Å². The van der Waals surface area contributed by atoms with E-state index >= 15 is 0 Å². The molecule has 7 nitrogen and oxygen atoms in total. The van der Waals surface area contributed by atoms with Crippen LogP contribution in [0.25, 0.3) is 0 Å². The third-order valence-corrected chi connectivity index (χ3v) is 4.68. The predicted molar refractivity (Wildman–Crippen MR) is 99.3 cm³/mol. The molecule has 1 N–H and O–H groups in total. The van der Waals surface area contributed by atoms with Crippen LogP contribution in [0.1, 0.15) is 49.4 Å². The molecule has 1 aliphatic heterocycles. The zero-order valence-corrected chi connectivity index (χ0v) is 15.7. The van der Waals surface area contributed by atoms with Crippen molar-refractivity contribution in [3.05, 3.63) is 47.7 Å². The molecular formula is C20H25N3O4. The van der Waals surface area contributed by atoms with Gasteiger partial charge in [0.15, 0.2) is 0 Å². The van der Waals surface area contributed by atoms with Gasteiger partial charge in [-0.05, 0) is 37.0 Å². The Labute approximate surface area is 158 Å². The fourth-order valence-electron chi connectivity index (χ4n) is 3.33. The Hall–Kier alpha value is -2.83. The SMILES string of the molecule is COc1cccc(Cc2cnc(C3CCCCN3C(=O)CNC(C)=O)o2)c1. The van der Waals surface area contributed by atoms with E-state index in [1.165, 1.54) is 6.92 Å². The number of amides is 2. The molecule has 7 heteroatoms. The van der Waals surface area contributed by atoms with Crippen molar-refractivity contribution in [2.45, 2.75) is 38.6 Å². The first kappa shape index (κ1) is 18.9. The topological polar surface area (TPSA) is 84.7 Å². The summed E-state index contributed by atoms with van der Waals surface area (Å²) in [5.41, 5.74) is 1.07. The first-order valence-electron chi connectivity index (χ1n) is 9.18. The van der Waals surface area contributed by atoms with Gasteiger partial charge in [0, 0.05) is 19.9 Å². The number of likely N-dealkylation sites (tertiary alicyclic amines) is 1.